The normalized spacial score (nSPS) is 24.2. The van der Waals surface area contributed by atoms with Gasteiger partial charge in [-0.25, -0.2) is 15.0 Å². The summed E-state index contributed by atoms with van der Waals surface area (Å²) in [7, 11) is 1.93. The number of fused-ring (bicyclic) bond motifs is 1. The number of hydrogen-bond acceptors (Lipinski definition) is 9. The molecule has 1 aliphatic heterocycles. The Kier molecular flexibility index (Phi) is 5.93. The summed E-state index contributed by atoms with van der Waals surface area (Å²) in [5.41, 5.74) is 13.3. The highest BCUT2D eigenvalue weighted by atomic mass is 16.6. The van der Waals surface area contributed by atoms with E-state index in [-0.39, 0.29) is 5.82 Å². The van der Waals surface area contributed by atoms with Crippen molar-refractivity contribution in [3.8, 4) is 11.4 Å². The van der Waals surface area contributed by atoms with Crippen LogP contribution >= 0.6 is 0 Å². The molecule has 2 aromatic heterocycles. The Hall–Kier alpha value is -2.63. The number of rotatable bonds is 7. The zero-order valence-electron chi connectivity index (χ0n) is 16.8. The van der Waals surface area contributed by atoms with Crippen molar-refractivity contribution in [1.82, 2.24) is 24.4 Å². The summed E-state index contributed by atoms with van der Waals surface area (Å²) in [5.74, 6) is 0.772. The second-order valence-corrected chi connectivity index (χ2v) is 7.55. The number of aromatic nitrogens is 4. The lowest BCUT2D eigenvalue weighted by Gasteiger charge is -2.22. The number of hydrogen-bond donors (Lipinski definition) is 4. The lowest BCUT2D eigenvalue weighted by molar-refractivity contribution is -0.0412. The van der Waals surface area contributed by atoms with Gasteiger partial charge in [0.25, 0.3) is 0 Å². The van der Waals surface area contributed by atoms with E-state index in [0.717, 1.165) is 18.5 Å². The van der Waals surface area contributed by atoms with Crippen molar-refractivity contribution >= 4 is 17.0 Å². The number of nitrogens with two attached hydrogens (primary N) is 2. The topological polar surface area (TPSA) is 149 Å². The molecule has 6 N–H and O–H groups in total. The van der Waals surface area contributed by atoms with Crippen molar-refractivity contribution in [2.45, 2.75) is 31.0 Å². The Morgan fingerprint density at radius 3 is 2.67 bits per heavy atom. The van der Waals surface area contributed by atoms with Gasteiger partial charge in [-0.3, -0.25) is 4.57 Å². The van der Waals surface area contributed by atoms with E-state index in [1.54, 1.807) is 4.57 Å². The molecule has 160 valence electrons. The molecule has 4 atom stereocenters. The fraction of sp³-hybridized carbons (Fsp3) is 0.450. The van der Waals surface area contributed by atoms with Gasteiger partial charge >= 0.3 is 0 Å². The predicted molar refractivity (Wildman–Crippen MR) is 112 cm³/mol. The van der Waals surface area contributed by atoms with Crippen LogP contribution in [-0.2, 0) is 4.74 Å². The van der Waals surface area contributed by atoms with Gasteiger partial charge in [-0.2, -0.15) is 0 Å². The largest absolute Gasteiger partial charge is 0.387 e. The number of imidazole rings is 1. The highest BCUT2D eigenvalue weighted by Gasteiger charge is 2.45. The van der Waals surface area contributed by atoms with Crippen LogP contribution in [-0.4, -0.2) is 79.6 Å². The van der Waals surface area contributed by atoms with Gasteiger partial charge in [0.05, 0.1) is 0 Å². The smallest absolute Gasteiger partial charge is 0.168 e. The van der Waals surface area contributed by atoms with E-state index in [0.29, 0.717) is 30.1 Å². The van der Waals surface area contributed by atoms with E-state index < -0.39 is 24.5 Å². The van der Waals surface area contributed by atoms with Crippen LogP contribution in [0.3, 0.4) is 0 Å². The molecule has 1 aliphatic rings. The summed E-state index contributed by atoms with van der Waals surface area (Å²) >= 11 is 0. The molecule has 0 spiro atoms. The predicted octanol–water partition coefficient (Wildman–Crippen LogP) is -0.0247. The van der Waals surface area contributed by atoms with Crippen LogP contribution in [0.2, 0.25) is 0 Å². The minimum absolute atomic E-state index is 0.238. The molecule has 0 bridgehead atoms. The molecule has 1 aromatic carbocycles. The Labute approximate surface area is 174 Å². The van der Waals surface area contributed by atoms with Gasteiger partial charge in [0, 0.05) is 12.1 Å². The lowest BCUT2D eigenvalue weighted by Crippen LogP contribution is -2.39. The monoisotopic (exact) mass is 413 g/mol. The van der Waals surface area contributed by atoms with Gasteiger partial charge in [0.15, 0.2) is 23.2 Å². The average molecular weight is 413 g/mol. The molecule has 0 saturated carbocycles. The first-order valence-electron chi connectivity index (χ1n) is 9.95. The molecule has 4 rings (SSSR count). The van der Waals surface area contributed by atoms with Gasteiger partial charge < -0.3 is 31.3 Å². The Balaban J connectivity index is 1.72. The summed E-state index contributed by atoms with van der Waals surface area (Å²) in [6.07, 6.45) is -1.48. The zero-order chi connectivity index (χ0) is 21.3. The van der Waals surface area contributed by atoms with E-state index in [9.17, 15) is 10.2 Å². The third kappa shape index (κ3) is 3.75. The third-order valence-corrected chi connectivity index (χ3v) is 5.36. The maximum Gasteiger partial charge on any atom is 0.168 e. The van der Waals surface area contributed by atoms with Crippen LogP contribution in [0, 0.1) is 0 Å². The van der Waals surface area contributed by atoms with Gasteiger partial charge in [0.1, 0.15) is 30.5 Å². The quantitative estimate of drug-likeness (QED) is 0.419. The molecule has 10 nitrogen and oxygen atoms in total. The molecule has 0 radical (unpaired) electrons. The molecule has 1 saturated heterocycles. The number of nitrogen functional groups attached to an aromatic ring is 1. The summed E-state index contributed by atoms with van der Waals surface area (Å²) < 4.78 is 7.83. The highest BCUT2D eigenvalue weighted by molar-refractivity contribution is 5.85. The van der Waals surface area contributed by atoms with E-state index in [2.05, 4.69) is 15.0 Å². The number of benzene rings is 1. The average Bonchev–Trinajstić information content (AvgIpc) is 3.27. The Morgan fingerprint density at radius 2 is 1.93 bits per heavy atom. The molecule has 1 fully saturated rings. The maximum atomic E-state index is 10.9. The molecule has 0 aliphatic carbocycles. The molecule has 2 unspecified atom stereocenters. The van der Waals surface area contributed by atoms with Crippen LogP contribution in [0.1, 0.15) is 12.6 Å². The Bertz CT molecular complexity index is 997. The summed E-state index contributed by atoms with van der Waals surface area (Å²) in [5, 5.41) is 21.5. The third-order valence-electron chi connectivity index (χ3n) is 5.36. The van der Waals surface area contributed by atoms with Crippen LogP contribution in [0.4, 0.5) is 5.82 Å². The number of likely N-dealkylation sites (N-methyl/N-ethyl adjacent to an activating group) is 1. The second kappa shape index (κ2) is 8.62. The Morgan fingerprint density at radius 1 is 1.17 bits per heavy atom. The lowest BCUT2D eigenvalue weighted by atomic mass is 10.1. The van der Waals surface area contributed by atoms with E-state index in [1.165, 1.54) is 6.33 Å². The first-order chi connectivity index (χ1) is 14.5. The molecular weight excluding hydrogens is 386 g/mol. The van der Waals surface area contributed by atoms with Crippen molar-refractivity contribution in [3.63, 3.8) is 0 Å². The molecule has 0 amide bonds. The van der Waals surface area contributed by atoms with Crippen LogP contribution in [0.15, 0.2) is 36.7 Å². The molecule has 3 heterocycles. The summed E-state index contributed by atoms with van der Waals surface area (Å²) in [6, 6.07) is 9.49. The molecule has 3 aromatic rings. The minimum atomic E-state index is -1.16. The van der Waals surface area contributed by atoms with E-state index in [1.807, 2.05) is 42.3 Å². The maximum absolute atomic E-state index is 10.9. The number of aliphatic hydroxyl groups is 2. The van der Waals surface area contributed by atoms with Crippen LogP contribution in [0.5, 0.6) is 0 Å². The number of aliphatic hydroxyl groups excluding tert-OH is 2. The van der Waals surface area contributed by atoms with Gasteiger partial charge in [-0.05, 0) is 26.6 Å². The minimum Gasteiger partial charge on any atom is -0.387 e. The van der Waals surface area contributed by atoms with Crippen molar-refractivity contribution < 1.29 is 14.9 Å². The van der Waals surface area contributed by atoms with Crippen LogP contribution < -0.4 is 11.5 Å². The van der Waals surface area contributed by atoms with Crippen LogP contribution in [0.25, 0.3) is 22.6 Å². The highest BCUT2D eigenvalue weighted by Crippen LogP contribution is 2.36. The van der Waals surface area contributed by atoms with Crippen molar-refractivity contribution in [1.29, 1.82) is 0 Å². The fourth-order valence-electron chi connectivity index (χ4n) is 3.81. The van der Waals surface area contributed by atoms with Gasteiger partial charge in [-0.15, -0.1) is 0 Å². The molecular formula is C20H27N7O3. The SMILES string of the molecule is CN(CCCN)C[C@H]1O[C@@H](n2c(-c3ccccc3)nc3c(N)ncnc32)C(O)C1O. The van der Waals surface area contributed by atoms with Gasteiger partial charge in [0.2, 0.25) is 0 Å². The second-order valence-electron chi connectivity index (χ2n) is 7.55. The van der Waals surface area contributed by atoms with Crippen molar-refractivity contribution in [2.24, 2.45) is 5.73 Å². The standard InChI is InChI=1S/C20H27N7O3/c1-26(9-5-8-21)10-13-15(28)16(29)20(30-13)27-18(12-6-3-2-4-7-12)25-14-17(22)23-11-24-19(14)27/h2-4,6-7,11,13,15-16,20,28-29H,5,8-10,21H2,1H3,(H2,22,23,24)/t13-,15?,16?,20-/m1/s1. The summed E-state index contributed by atoms with van der Waals surface area (Å²) in [4.78, 5) is 15.0. The molecule has 10 heteroatoms. The first kappa shape index (κ1) is 20.6. The van der Waals surface area contributed by atoms with Gasteiger partial charge in [-0.1, -0.05) is 30.3 Å². The molecule has 30 heavy (non-hydrogen) atoms. The van der Waals surface area contributed by atoms with E-state index >= 15 is 0 Å². The number of nitrogens with zero attached hydrogens (tertiary/aromatic N) is 5. The fourth-order valence-corrected chi connectivity index (χ4v) is 3.81. The number of anilines is 1. The summed E-state index contributed by atoms with van der Waals surface area (Å²) in [6.45, 7) is 1.82. The van der Waals surface area contributed by atoms with Crippen molar-refractivity contribution in [2.75, 3.05) is 32.4 Å². The van der Waals surface area contributed by atoms with Crippen molar-refractivity contribution in [3.05, 3.63) is 36.7 Å². The number of ether oxygens (including phenoxy) is 1. The zero-order valence-corrected chi connectivity index (χ0v) is 16.8. The van der Waals surface area contributed by atoms with E-state index in [4.69, 9.17) is 16.2 Å². The first-order valence-corrected chi connectivity index (χ1v) is 9.95.